The molecule has 0 radical (unpaired) electrons. The molecule has 51 heavy (non-hydrogen) atoms. The van der Waals surface area contributed by atoms with E-state index in [1.807, 2.05) is 23.1 Å². The number of amidine groups is 1. The number of aromatic nitrogens is 1. The number of rotatable bonds is 12. The number of unbranched alkanes of at least 4 members (excludes halogenated alkanes) is 1. The average molecular weight is 707 g/mol. The maximum Gasteiger partial charge on any atom is 0.263 e. The summed E-state index contributed by atoms with van der Waals surface area (Å²) in [6, 6.07) is 20.9. The van der Waals surface area contributed by atoms with Gasteiger partial charge in [0.2, 0.25) is 0 Å². The number of hydrogen-bond donors (Lipinski definition) is 1. The molecular formula is C39H42N6O5S. The Labute approximate surface area is 299 Å². The van der Waals surface area contributed by atoms with Crippen LogP contribution < -0.4 is 4.72 Å². The highest BCUT2D eigenvalue weighted by Gasteiger charge is 2.49. The van der Waals surface area contributed by atoms with Crippen molar-refractivity contribution in [1.82, 2.24) is 15.0 Å². The number of anilines is 1. The summed E-state index contributed by atoms with van der Waals surface area (Å²) in [4.78, 5) is 36.0. The molecule has 1 fully saturated rings. The van der Waals surface area contributed by atoms with Crippen LogP contribution in [0.25, 0.3) is 11.1 Å². The van der Waals surface area contributed by atoms with E-state index in [0.29, 0.717) is 45.7 Å². The Morgan fingerprint density at radius 1 is 1.06 bits per heavy atom. The molecular weight excluding hydrogens is 665 g/mol. The van der Waals surface area contributed by atoms with Gasteiger partial charge in [-0.05, 0) is 80.1 Å². The van der Waals surface area contributed by atoms with Gasteiger partial charge in [0, 0.05) is 36.7 Å². The first-order valence-corrected chi connectivity index (χ1v) is 18.8. The van der Waals surface area contributed by atoms with E-state index < -0.39 is 15.6 Å². The Bertz CT molecular complexity index is 2140. The molecule has 3 aromatic carbocycles. The van der Waals surface area contributed by atoms with Crippen molar-refractivity contribution in [2.45, 2.75) is 89.2 Å². The van der Waals surface area contributed by atoms with Crippen molar-refractivity contribution in [3.63, 3.8) is 0 Å². The standard InChI is InChI=1S/C39H42N6O5S/c1-5-6-13-35-41-39(20-9-10-21-39)38(47)45(35)24-29-16-19-32(31(22-29)25-44(4)37(46)30-17-14-28(23-40)15-18-30)33-11-7-8-12-34(33)51(48,49)43-36-26(2)27(3)50-42-36/h7-8,11-12,14-19,22H,5-6,9-10,13,20-21,24-25H2,1-4H3,(H,42,43). The predicted molar refractivity (Wildman–Crippen MR) is 194 cm³/mol. The van der Waals surface area contributed by atoms with Gasteiger partial charge in [-0.2, -0.15) is 5.26 Å². The quantitative estimate of drug-likeness (QED) is 0.165. The van der Waals surface area contributed by atoms with Gasteiger partial charge >= 0.3 is 0 Å². The van der Waals surface area contributed by atoms with Crippen molar-refractivity contribution in [2.75, 3.05) is 11.8 Å². The maximum atomic E-state index is 13.9. The minimum Gasteiger partial charge on any atom is -0.359 e. The molecule has 1 spiro atoms. The SMILES string of the molecule is CCCCC1=NC2(CCCC2)C(=O)N1Cc1ccc(-c2ccccc2S(=O)(=O)Nc2noc(C)c2C)c(CN(C)C(=O)c2ccc(C#N)cc2)c1. The molecule has 12 heteroatoms. The lowest BCUT2D eigenvalue weighted by molar-refractivity contribution is -0.131. The minimum absolute atomic E-state index is 0.0343. The summed E-state index contributed by atoms with van der Waals surface area (Å²) in [5.41, 5.74) is 3.38. The van der Waals surface area contributed by atoms with Crippen LogP contribution in [0.5, 0.6) is 0 Å². The van der Waals surface area contributed by atoms with Gasteiger partial charge in [0.05, 0.1) is 23.1 Å². The highest BCUT2D eigenvalue weighted by Crippen LogP contribution is 2.40. The number of hydrogen-bond acceptors (Lipinski definition) is 8. The van der Waals surface area contributed by atoms with Gasteiger partial charge < -0.3 is 9.42 Å². The van der Waals surface area contributed by atoms with E-state index in [1.54, 1.807) is 68.3 Å². The van der Waals surface area contributed by atoms with Crippen molar-refractivity contribution in [3.8, 4) is 17.2 Å². The summed E-state index contributed by atoms with van der Waals surface area (Å²) in [7, 11) is -2.44. The van der Waals surface area contributed by atoms with Crippen molar-refractivity contribution in [3.05, 3.63) is 100 Å². The van der Waals surface area contributed by atoms with E-state index in [4.69, 9.17) is 9.52 Å². The van der Waals surface area contributed by atoms with Crippen molar-refractivity contribution in [1.29, 1.82) is 5.26 Å². The van der Waals surface area contributed by atoms with Gasteiger partial charge in [-0.3, -0.25) is 24.2 Å². The molecule has 0 saturated heterocycles. The number of nitrogens with zero attached hydrogens (tertiary/aromatic N) is 5. The van der Waals surface area contributed by atoms with Crippen LogP contribution >= 0.6 is 0 Å². The third kappa shape index (κ3) is 7.17. The average Bonchev–Trinajstić information content (AvgIpc) is 3.81. The monoisotopic (exact) mass is 706 g/mol. The summed E-state index contributed by atoms with van der Waals surface area (Å²) in [5, 5.41) is 13.1. The number of carbonyl (C=O) groups is 2. The number of benzene rings is 3. The lowest BCUT2D eigenvalue weighted by atomic mass is 9.95. The fraction of sp³-hybridized carbons (Fsp3) is 0.359. The van der Waals surface area contributed by atoms with Gasteiger partial charge in [0.25, 0.3) is 21.8 Å². The molecule has 2 amide bonds. The highest BCUT2D eigenvalue weighted by molar-refractivity contribution is 7.92. The molecule has 1 aromatic heterocycles. The lowest BCUT2D eigenvalue weighted by Gasteiger charge is -2.24. The molecule has 4 aromatic rings. The van der Waals surface area contributed by atoms with E-state index in [1.165, 1.54) is 6.07 Å². The van der Waals surface area contributed by atoms with Crippen LogP contribution in [0.4, 0.5) is 5.82 Å². The third-order valence-corrected chi connectivity index (χ3v) is 11.3. The Balaban J connectivity index is 1.39. The molecule has 1 N–H and O–H groups in total. The summed E-state index contributed by atoms with van der Waals surface area (Å²) in [6.07, 6.45) is 6.12. The second-order valence-electron chi connectivity index (χ2n) is 13.4. The molecule has 0 bridgehead atoms. The zero-order chi connectivity index (χ0) is 36.3. The number of carbonyl (C=O) groups excluding carboxylic acids is 2. The minimum atomic E-state index is -4.13. The van der Waals surface area contributed by atoms with E-state index in [0.717, 1.165) is 56.3 Å². The van der Waals surface area contributed by atoms with E-state index >= 15 is 0 Å². The van der Waals surface area contributed by atoms with Crippen molar-refractivity contribution >= 4 is 33.5 Å². The second kappa shape index (κ2) is 14.5. The first kappa shape index (κ1) is 35.5. The molecule has 6 rings (SSSR count). The van der Waals surface area contributed by atoms with Crippen LogP contribution in [0.1, 0.15) is 90.2 Å². The predicted octanol–water partition coefficient (Wildman–Crippen LogP) is 7.15. The maximum absolute atomic E-state index is 13.9. The zero-order valence-electron chi connectivity index (χ0n) is 29.4. The fourth-order valence-corrected chi connectivity index (χ4v) is 8.15. The molecule has 1 saturated carbocycles. The van der Waals surface area contributed by atoms with Gasteiger partial charge in [-0.25, -0.2) is 8.42 Å². The number of nitriles is 1. The first-order valence-electron chi connectivity index (χ1n) is 17.3. The van der Waals surface area contributed by atoms with Gasteiger partial charge in [0.15, 0.2) is 5.82 Å². The molecule has 1 aliphatic heterocycles. The molecule has 0 unspecified atom stereocenters. The lowest BCUT2D eigenvalue weighted by Crippen LogP contribution is -2.40. The Kier molecular flexibility index (Phi) is 10.1. The highest BCUT2D eigenvalue weighted by atomic mass is 32.2. The van der Waals surface area contributed by atoms with Crippen LogP contribution in [0.3, 0.4) is 0 Å². The largest absolute Gasteiger partial charge is 0.359 e. The van der Waals surface area contributed by atoms with E-state index in [2.05, 4.69) is 22.9 Å². The van der Waals surface area contributed by atoms with Gasteiger partial charge in [0.1, 0.15) is 17.1 Å². The number of amides is 2. The van der Waals surface area contributed by atoms with Crippen LogP contribution in [0.2, 0.25) is 0 Å². The Morgan fingerprint density at radius 2 is 1.78 bits per heavy atom. The van der Waals surface area contributed by atoms with Crippen molar-refractivity contribution in [2.24, 2.45) is 4.99 Å². The van der Waals surface area contributed by atoms with Crippen LogP contribution in [0, 0.1) is 25.2 Å². The van der Waals surface area contributed by atoms with E-state index in [9.17, 15) is 23.3 Å². The number of aliphatic imine (C=N–C) groups is 1. The van der Waals surface area contributed by atoms with Gasteiger partial charge in [-0.1, -0.05) is 67.7 Å². The summed E-state index contributed by atoms with van der Waals surface area (Å²) in [6.45, 7) is 6.01. The summed E-state index contributed by atoms with van der Waals surface area (Å²) < 4.78 is 35.5. The molecule has 0 atom stereocenters. The Morgan fingerprint density at radius 3 is 2.45 bits per heavy atom. The van der Waals surface area contributed by atoms with Crippen LogP contribution in [0.15, 0.2) is 81.1 Å². The van der Waals surface area contributed by atoms with Crippen molar-refractivity contribution < 1.29 is 22.5 Å². The number of nitrogens with one attached hydrogen (secondary N) is 1. The summed E-state index contributed by atoms with van der Waals surface area (Å²) in [5.74, 6) is 1.23. The smallest absolute Gasteiger partial charge is 0.263 e. The Hall–Kier alpha value is -5.28. The zero-order valence-corrected chi connectivity index (χ0v) is 30.2. The molecule has 11 nitrogen and oxygen atoms in total. The topological polar surface area (TPSA) is 149 Å². The number of sulfonamides is 1. The molecule has 2 aliphatic rings. The second-order valence-corrected chi connectivity index (χ2v) is 15.1. The van der Waals surface area contributed by atoms with Crippen LogP contribution in [-0.4, -0.2) is 53.6 Å². The number of aryl methyl sites for hydroxylation is 1. The fourth-order valence-electron chi connectivity index (χ4n) is 6.87. The van der Waals surface area contributed by atoms with Crippen LogP contribution in [-0.2, 0) is 27.9 Å². The van der Waals surface area contributed by atoms with Gasteiger partial charge in [-0.15, -0.1) is 0 Å². The first-order chi connectivity index (χ1) is 24.5. The normalized spacial score (nSPS) is 15.2. The van der Waals surface area contributed by atoms with E-state index in [-0.39, 0.29) is 29.1 Å². The molecule has 264 valence electrons. The summed E-state index contributed by atoms with van der Waals surface area (Å²) >= 11 is 0. The molecule has 2 heterocycles. The third-order valence-electron chi connectivity index (χ3n) is 9.86. The molecule has 1 aliphatic carbocycles.